The number of hydrogen-bond acceptors (Lipinski definition) is 7. The summed E-state index contributed by atoms with van der Waals surface area (Å²) in [6, 6.07) is 6.66. The van der Waals surface area contributed by atoms with Crippen molar-refractivity contribution in [1.82, 2.24) is 15.5 Å². The van der Waals surface area contributed by atoms with Gasteiger partial charge in [0.1, 0.15) is 0 Å². The highest BCUT2D eigenvalue weighted by Crippen LogP contribution is 2.15. The minimum Gasteiger partial charge on any atom is -0.376 e. The monoisotopic (exact) mass is 405 g/mol. The largest absolute Gasteiger partial charge is 0.376 e. The Labute approximate surface area is 167 Å². The van der Waals surface area contributed by atoms with E-state index in [-0.39, 0.29) is 23.8 Å². The molecule has 0 bridgehead atoms. The Morgan fingerprint density at radius 1 is 1.21 bits per heavy atom. The first-order valence-electron chi connectivity index (χ1n) is 9.02. The van der Waals surface area contributed by atoms with Crippen LogP contribution in [-0.2, 0) is 15.3 Å². The Kier molecular flexibility index (Phi) is 7.26. The Morgan fingerprint density at radius 2 is 1.96 bits per heavy atom. The number of urea groups is 1. The minimum absolute atomic E-state index is 0.102. The molecular weight excluding hydrogens is 382 g/mol. The Morgan fingerprint density at radius 3 is 2.61 bits per heavy atom. The normalized spacial score (nSPS) is 16.0. The van der Waals surface area contributed by atoms with Crippen LogP contribution in [0.3, 0.4) is 0 Å². The van der Waals surface area contributed by atoms with Crippen LogP contribution in [0.5, 0.6) is 0 Å². The minimum atomic E-state index is -0.277. The van der Waals surface area contributed by atoms with Crippen LogP contribution in [0.2, 0.25) is 0 Å². The van der Waals surface area contributed by atoms with E-state index in [0.29, 0.717) is 35.4 Å². The van der Waals surface area contributed by atoms with Crippen LogP contribution in [0.4, 0.5) is 16.2 Å². The highest BCUT2D eigenvalue weighted by atomic mass is 32.2. The second-order valence-electron chi connectivity index (χ2n) is 6.32. The van der Waals surface area contributed by atoms with Crippen molar-refractivity contribution in [3.8, 4) is 0 Å². The number of carbonyl (C=O) groups excluding carboxylic acids is 2. The SMILES string of the molecule is Cc1nc(CSCC(=O)Nc2ccc(NC(=O)NCC3CCCO3)cc2)no1. The lowest BCUT2D eigenvalue weighted by Crippen LogP contribution is -2.35. The van der Waals surface area contributed by atoms with Gasteiger partial charge < -0.3 is 25.2 Å². The van der Waals surface area contributed by atoms with Crippen molar-refractivity contribution in [2.24, 2.45) is 0 Å². The Bertz CT molecular complexity index is 790. The zero-order chi connectivity index (χ0) is 19.8. The quantitative estimate of drug-likeness (QED) is 0.617. The van der Waals surface area contributed by atoms with E-state index in [0.717, 1.165) is 19.4 Å². The second kappa shape index (κ2) is 10.1. The van der Waals surface area contributed by atoms with E-state index in [1.165, 1.54) is 11.8 Å². The van der Waals surface area contributed by atoms with Crippen molar-refractivity contribution >= 4 is 35.1 Å². The van der Waals surface area contributed by atoms with E-state index in [4.69, 9.17) is 9.26 Å². The number of amides is 3. The maximum atomic E-state index is 12.0. The molecule has 3 amide bonds. The summed E-state index contributed by atoms with van der Waals surface area (Å²) in [5.74, 6) is 1.74. The number of carbonyl (C=O) groups is 2. The van der Waals surface area contributed by atoms with Gasteiger partial charge >= 0.3 is 6.03 Å². The summed E-state index contributed by atoms with van der Waals surface area (Å²) in [5.41, 5.74) is 1.30. The van der Waals surface area contributed by atoms with Crippen LogP contribution in [0, 0.1) is 6.92 Å². The molecule has 2 heterocycles. The summed E-state index contributed by atoms with van der Waals surface area (Å²) in [6.45, 7) is 2.98. The smallest absolute Gasteiger partial charge is 0.319 e. The molecule has 1 aromatic heterocycles. The molecule has 3 rings (SSSR count). The van der Waals surface area contributed by atoms with Gasteiger partial charge in [0.15, 0.2) is 5.82 Å². The summed E-state index contributed by atoms with van der Waals surface area (Å²) in [4.78, 5) is 28.0. The first kappa shape index (κ1) is 20.2. The summed E-state index contributed by atoms with van der Waals surface area (Å²) in [6.07, 6.45) is 2.11. The first-order chi connectivity index (χ1) is 13.6. The average molecular weight is 405 g/mol. The van der Waals surface area contributed by atoms with Gasteiger partial charge in [-0.3, -0.25) is 4.79 Å². The number of nitrogens with one attached hydrogen (secondary N) is 3. The molecule has 150 valence electrons. The predicted molar refractivity (Wildman–Crippen MR) is 106 cm³/mol. The maximum absolute atomic E-state index is 12.0. The van der Waals surface area contributed by atoms with Crippen molar-refractivity contribution in [3.63, 3.8) is 0 Å². The average Bonchev–Trinajstić information content (AvgIpc) is 3.33. The number of thioether (sulfide) groups is 1. The highest BCUT2D eigenvalue weighted by molar-refractivity contribution is 7.99. The van der Waals surface area contributed by atoms with Crippen molar-refractivity contribution in [2.45, 2.75) is 31.6 Å². The van der Waals surface area contributed by atoms with Gasteiger partial charge in [0.25, 0.3) is 0 Å². The molecule has 0 radical (unpaired) electrons. The number of benzene rings is 1. The van der Waals surface area contributed by atoms with E-state index in [1.54, 1.807) is 31.2 Å². The lowest BCUT2D eigenvalue weighted by molar-refractivity contribution is -0.113. The molecule has 0 spiro atoms. The summed E-state index contributed by atoms with van der Waals surface area (Å²) >= 11 is 1.40. The van der Waals surface area contributed by atoms with Crippen LogP contribution < -0.4 is 16.0 Å². The van der Waals surface area contributed by atoms with Crippen LogP contribution in [-0.4, -0.2) is 47.1 Å². The third-order valence-corrected chi connectivity index (χ3v) is 4.90. The van der Waals surface area contributed by atoms with Gasteiger partial charge in [-0.25, -0.2) is 4.79 Å². The summed E-state index contributed by atoms with van der Waals surface area (Å²) in [7, 11) is 0. The number of rotatable bonds is 8. The Hall–Kier alpha value is -2.59. The Balaban J connectivity index is 1.35. The molecule has 1 aromatic carbocycles. The van der Waals surface area contributed by atoms with E-state index in [9.17, 15) is 9.59 Å². The first-order valence-corrected chi connectivity index (χ1v) is 10.2. The third-order valence-electron chi connectivity index (χ3n) is 3.97. The number of hydrogen-bond donors (Lipinski definition) is 3. The molecule has 1 atom stereocenters. The molecule has 28 heavy (non-hydrogen) atoms. The molecule has 1 unspecified atom stereocenters. The fourth-order valence-electron chi connectivity index (χ4n) is 2.66. The molecule has 1 aliphatic rings. The predicted octanol–water partition coefficient (Wildman–Crippen LogP) is 2.55. The fraction of sp³-hybridized carbons (Fsp3) is 0.444. The van der Waals surface area contributed by atoms with Gasteiger partial charge in [-0.1, -0.05) is 5.16 Å². The summed E-state index contributed by atoms with van der Waals surface area (Å²) in [5, 5.41) is 12.1. The molecule has 10 heteroatoms. The van der Waals surface area contributed by atoms with Crippen molar-refractivity contribution in [3.05, 3.63) is 36.0 Å². The van der Waals surface area contributed by atoms with Crippen LogP contribution in [0.15, 0.2) is 28.8 Å². The lowest BCUT2D eigenvalue weighted by Gasteiger charge is -2.12. The summed E-state index contributed by atoms with van der Waals surface area (Å²) < 4.78 is 10.3. The third kappa shape index (κ3) is 6.54. The zero-order valence-electron chi connectivity index (χ0n) is 15.6. The van der Waals surface area contributed by atoms with Crippen molar-refractivity contribution in [2.75, 3.05) is 29.5 Å². The molecule has 1 saturated heterocycles. The van der Waals surface area contributed by atoms with Gasteiger partial charge in [0.2, 0.25) is 11.8 Å². The van der Waals surface area contributed by atoms with Crippen LogP contribution in [0.25, 0.3) is 0 Å². The van der Waals surface area contributed by atoms with Crippen LogP contribution >= 0.6 is 11.8 Å². The van der Waals surface area contributed by atoms with E-state index in [1.807, 2.05) is 0 Å². The fourth-order valence-corrected chi connectivity index (χ4v) is 3.32. The molecule has 2 aromatic rings. The van der Waals surface area contributed by atoms with Crippen molar-refractivity contribution in [1.29, 1.82) is 0 Å². The second-order valence-corrected chi connectivity index (χ2v) is 7.30. The molecule has 0 aliphatic carbocycles. The molecule has 1 fully saturated rings. The number of aromatic nitrogens is 2. The number of nitrogens with zero attached hydrogens (tertiary/aromatic N) is 2. The zero-order valence-corrected chi connectivity index (χ0v) is 16.4. The van der Waals surface area contributed by atoms with Gasteiger partial charge in [0, 0.05) is 31.5 Å². The molecular formula is C18H23N5O4S. The standard InChI is InChI=1S/C18H23N5O4S/c1-12-20-16(23-27-12)10-28-11-17(24)21-13-4-6-14(7-5-13)22-18(25)19-9-15-3-2-8-26-15/h4-7,15H,2-3,8-11H2,1H3,(H,21,24)(H2,19,22,25). The molecule has 3 N–H and O–H groups in total. The highest BCUT2D eigenvalue weighted by Gasteiger charge is 2.16. The van der Waals surface area contributed by atoms with E-state index >= 15 is 0 Å². The topological polar surface area (TPSA) is 118 Å². The number of ether oxygens (including phenoxy) is 1. The molecule has 9 nitrogen and oxygen atoms in total. The van der Waals surface area contributed by atoms with Crippen LogP contribution in [0.1, 0.15) is 24.6 Å². The lowest BCUT2D eigenvalue weighted by atomic mass is 10.2. The van der Waals surface area contributed by atoms with Gasteiger partial charge in [-0.05, 0) is 37.1 Å². The van der Waals surface area contributed by atoms with E-state index in [2.05, 4.69) is 26.1 Å². The van der Waals surface area contributed by atoms with Gasteiger partial charge in [0.05, 0.1) is 17.6 Å². The maximum Gasteiger partial charge on any atom is 0.319 e. The van der Waals surface area contributed by atoms with Crippen molar-refractivity contribution < 1.29 is 18.8 Å². The van der Waals surface area contributed by atoms with Gasteiger partial charge in [-0.2, -0.15) is 4.98 Å². The molecule has 1 aliphatic heterocycles. The number of aryl methyl sites for hydroxylation is 1. The van der Waals surface area contributed by atoms with E-state index < -0.39 is 0 Å². The number of anilines is 2. The van der Waals surface area contributed by atoms with Gasteiger partial charge in [-0.15, -0.1) is 11.8 Å². The molecule has 0 saturated carbocycles.